The van der Waals surface area contributed by atoms with Crippen LogP contribution >= 0.6 is 11.3 Å². The van der Waals surface area contributed by atoms with E-state index < -0.39 is 5.60 Å². The number of aliphatic hydroxyl groups is 1. The molecular weight excluding hydrogens is 420 g/mol. The second kappa shape index (κ2) is 9.06. The van der Waals surface area contributed by atoms with Gasteiger partial charge in [-0.3, -0.25) is 4.98 Å². The first-order valence-electron chi connectivity index (χ1n) is 10.5. The van der Waals surface area contributed by atoms with Gasteiger partial charge in [-0.05, 0) is 32.0 Å². The second-order valence-corrected chi connectivity index (χ2v) is 9.30. The van der Waals surface area contributed by atoms with Crippen LogP contribution in [-0.4, -0.2) is 20.1 Å². The van der Waals surface area contributed by atoms with Crippen molar-refractivity contribution in [1.29, 1.82) is 0 Å². The van der Waals surface area contributed by atoms with Crippen LogP contribution in [0.4, 0.5) is 11.5 Å². The Morgan fingerprint density at radius 3 is 2.47 bits per heavy atom. The molecule has 0 radical (unpaired) electrons. The maximum Gasteiger partial charge on any atom is 0.208 e. The van der Waals surface area contributed by atoms with Crippen molar-refractivity contribution in [2.45, 2.75) is 39.2 Å². The molecule has 0 unspecified atom stereocenters. The first kappa shape index (κ1) is 21.9. The molecule has 2 N–H and O–H groups in total. The van der Waals surface area contributed by atoms with Crippen molar-refractivity contribution in [3.05, 3.63) is 77.7 Å². The van der Waals surface area contributed by atoms with Crippen LogP contribution in [0.15, 0.2) is 67.0 Å². The van der Waals surface area contributed by atoms with Gasteiger partial charge in [0.1, 0.15) is 22.9 Å². The molecule has 0 aliphatic carbocycles. The molecule has 164 valence electrons. The summed E-state index contributed by atoms with van der Waals surface area (Å²) in [5.74, 6) is 1.61. The Hall–Kier alpha value is -3.29. The Bertz CT molecular complexity index is 1180. The van der Waals surface area contributed by atoms with Gasteiger partial charge in [0.05, 0.1) is 22.6 Å². The number of nitrogens with zero attached hydrogens (tertiary/aromatic N) is 3. The zero-order valence-electron chi connectivity index (χ0n) is 18.5. The lowest BCUT2D eigenvalue weighted by Gasteiger charge is -2.16. The summed E-state index contributed by atoms with van der Waals surface area (Å²) in [6.07, 6.45) is 3.37. The lowest BCUT2D eigenvalue weighted by molar-refractivity contribution is 0.0739. The van der Waals surface area contributed by atoms with Gasteiger partial charge in [0.15, 0.2) is 0 Å². The summed E-state index contributed by atoms with van der Waals surface area (Å²) in [6.45, 7) is 7.67. The van der Waals surface area contributed by atoms with Gasteiger partial charge in [0.2, 0.25) is 5.06 Å². The molecule has 3 heterocycles. The molecule has 0 amide bonds. The van der Waals surface area contributed by atoms with Gasteiger partial charge in [0.25, 0.3) is 0 Å². The fourth-order valence-electron chi connectivity index (χ4n) is 3.04. The van der Waals surface area contributed by atoms with Crippen molar-refractivity contribution in [2.24, 2.45) is 0 Å². The van der Waals surface area contributed by atoms with E-state index in [-0.39, 0.29) is 0 Å². The van der Waals surface area contributed by atoms with Gasteiger partial charge in [-0.15, -0.1) is 0 Å². The molecule has 0 spiro atoms. The number of anilines is 2. The van der Waals surface area contributed by atoms with Crippen molar-refractivity contribution in [2.75, 3.05) is 5.32 Å². The number of rotatable bonds is 7. The average Bonchev–Trinajstić information content (AvgIpc) is 3.18. The van der Waals surface area contributed by atoms with Gasteiger partial charge in [-0.2, -0.15) is 0 Å². The summed E-state index contributed by atoms with van der Waals surface area (Å²) in [5.41, 5.74) is 2.26. The lowest BCUT2D eigenvalue weighted by atomic mass is 10.1. The number of benzene rings is 1. The van der Waals surface area contributed by atoms with Crippen molar-refractivity contribution in [3.8, 4) is 22.1 Å². The van der Waals surface area contributed by atoms with E-state index in [2.05, 4.69) is 29.1 Å². The molecule has 0 saturated carbocycles. The summed E-state index contributed by atoms with van der Waals surface area (Å²) in [5, 5.41) is 15.1. The van der Waals surface area contributed by atoms with Gasteiger partial charge in [-0.25, -0.2) is 9.97 Å². The highest BCUT2D eigenvalue weighted by atomic mass is 32.1. The third-order valence-corrected chi connectivity index (χ3v) is 5.99. The summed E-state index contributed by atoms with van der Waals surface area (Å²) >= 11 is 1.56. The van der Waals surface area contributed by atoms with Crippen LogP contribution in [0, 0.1) is 0 Å². The predicted molar refractivity (Wildman–Crippen MR) is 129 cm³/mol. The molecule has 0 bridgehead atoms. The molecule has 4 aromatic rings. The summed E-state index contributed by atoms with van der Waals surface area (Å²) < 4.78 is 6.26. The normalized spacial score (nSPS) is 11.6. The van der Waals surface area contributed by atoms with Gasteiger partial charge >= 0.3 is 0 Å². The topological polar surface area (TPSA) is 80.2 Å². The molecule has 0 aliphatic heterocycles. The zero-order chi connectivity index (χ0) is 22.7. The van der Waals surface area contributed by atoms with E-state index in [0.717, 1.165) is 27.0 Å². The Morgan fingerprint density at radius 2 is 1.81 bits per heavy atom. The monoisotopic (exact) mass is 446 g/mol. The highest BCUT2D eigenvalue weighted by Gasteiger charge is 2.18. The van der Waals surface area contributed by atoms with Gasteiger partial charge in [-0.1, -0.05) is 55.5 Å². The maximum atomic E-state index is 10.1. The largest absolute Gasteiger partial charge is 0.444 e. The molecule has 0 aliphatic rings. The van der Waals surface area contributed by atoms with Crippen molar-refractivity contribution < 1.29 is 9.84 Å². The molecule has 6 nitrogen and oxygen atoms in total. The maximum absolute atomic E-state index is 10.1. The second-order valence-electron chi connectivity index (χ2n) is 8.30. The first-order valence-corrected chi connectivity index (χ1v) is 11.3. The van der Waals surface area contributed by atoms with Crippen molar-refractivity contribution >= 4 is 22.8 Å². The lowest BCUT2D eigenvalue weighted by Crippen LogP contribution is -2.17. The number of aromatic nitrogens is 3. The number of hydrogen-bond acceptors (Lipinski definition) is 7. The predicted octanol–water partition coefficient (Wildman–Crippen LogP) is 6.49. The van der Waals surface area contributed by atoms with E-state index >= 15 is 0 Å². The Kier molecular flexibility index (Phi) is 6.21. The van der Waals surface area contributed by atoms with Crippen molar-refractivity contribution in [1.82, 2.24) is 15.0 Å². The van der Waals surface area contributed by atoms with Crippen LogP contribution in [0.5, 0.6) is 10.8 Å². The summed E-state index contributed by atoms with van der Waals surface area (Å²) in [4.78, 5) is 13.5. The quantitative estimate of drug-likeness (QED) is 0.338. The fraction of sp³-hybridized carbons (Fsp3) is 0.240. The number of ether oxygens (including phenoxy) is 1. The van der Waals surface area contributed by atoms with E-state index in [4.69, 9.17) is 9.72 Å². The van der Waals surface area contributed by atoms with Crippen LogP contribution < -0.4 is 10.1 Å². The first-order chi connectivity index (χ1) is 15.3. The van der Waals surface area contributed by atoms with Crippen LogP contribution in [0.2, 0.25) is 0 Å². The van der Waals surface area contributed by atoms with E-state index in [1.807, 2.05) is 48.5 Å². The highest BCUT2D eigenvalue weighted by molar-refractivity contribution is 7.14. The number of nitrogens with one attached hydrogen (secondary N) is 1. The minimum Gasteiger partial charge on any atom is -0.444 e. The number of thiazole rings is 1. The minimum absolute atomic E-state index is 0.314. The average molecular weight is 447 g/mol. The smallest absolute Gasteiger partial charge is 0.208 e. The SMILES string of the molecule is CC(C)c1nc(-c2ccccc2)c(Oc2ccnc(Nc3ccc(C(C)(C)O)nc3)c2)s1. The molecule has 3 aromatic heterocycles. The molecule has 4 rings (SSSR count). The van der Waals surface area contributed by atoms with E-state index in [0.29, 0.717) is 23.2 Å². The van der Waals surface area contributed by atoms with Crippen LogP contribution in [0.1, 0.15) is 44.3 Å². The number of hydrogen-bond donors (Lipinski definition) is 2. The Morgan fingerprint density at radius 1 is 1.03 bits per heavy atom. The van der Waals surface area contributed by atoms with Gasteiger partial charge < -0.3 is 15.2 Å². The fourth-order valence-corrected chi connectivity index (χ4v) is 4.00. The third-order valence-electron chi connectivity index (χ3n) is 4.76. The molecule has 32 heavy (non-hydrogen) atoms. The molecule has 0 saturated heterocycles. The van der Waals surface area contributed by atoms with Crippen LogP contribution in [-0.2, 0) is 5.60 Å². The standard InChI is InChI=1S/C25H26N4O2S/c1-16(2)23-29-22(17-8-6-5-7-9-17)24(32-23)31-19-12-13-26-21(14-19)28-18-10-11-20(27-15-18)25(3,4)30/h5-16,30H,1-4H3,(H,26,28). The number of pyridine rings is 2. The molecular formula is C25H26N4O2S. The Labute approximate surface area is 192 Å². The highest BCUT2D eigenvalue weighted by Crippen LogP contribution is 2.40. The van der Waals surface area contributed by atoms with E-state index in [9.17, 15) is 5.11 Å². The van der Waals surface area contributed by atoms with Crippen LogP contribution in [0.25, 0.3) is 11.3 Å². The summed E-state index contributed by atoms with van der Waals surface area (Å²) in [7, 11) is 0. The molecule has 7 heteroatoms. The Balaban J connectivity index is 1.57. The van der Waals surface area contributed by atoms with Gasteiger partial charge in [0, 0.05) is 23.7 Å². The minimum atomic E-state index is -0.982. The molecule has 0 atom stereocenters. The molecule has 1 aromatic carbocycles. The third kappa shape index (κ3) is 5.12. The molecule has 0 fully saturated rings. The van der Waals surface area contributed by atoms with Crippen LogP contribution in [0.3, 0.4) is 0 Å². The van der Waals surface area contributed by atoms with Crippen molar-refractivity contribution in [3.63, 3.8) is 0 Å². The zero-order valence-corrected chi connectivity index (χ0v) is 19.4. The van der Waals surface area contributed by atoms with E-state index in [1.54, 1.807) is 43.6 Å². The van der Waals surface area contributed by atoms with E-state index in [1.165, 1.54) is 0 Å². The summed E-state index contributed by atoms with van der Waals surface area (Å²) in [6, 6.07) is 17.4.